The van der Waals surface area contributed by atoms with Crippen LogP contribution in [0.1, 0.15) is 27.2 Å². The summed E-state index contributed by atoms with van der Waals surface area (Å²) in [6.07, 6.45) is 1.04. The van der Waals surface area contributed by atoms with Crippen LogP contribution >= 0.6 is 0 Å². The number of hydrogen-bond donors (Lipinski definition) is 1. The summed E-state index contributed by atoms with van der Waals surface area (Å²) in [6, 6.07) is 4.21. The molecule has 0 spiro atoms. The number of pyridine rings is 1. The number of nitrogens with two attached hydrogens (primary N) is 1. The van der Waals surface area contributed by atoms with Crippen LogP contribution in [0.3, 0.4) is 0 Å². The predicted molar refractivity (Wildman–Crippen MR) is 81.2 cm³/mol. The van der Waals surface area contributed by atoms with Crippen molar-refractivity contribution in [2.24, 2.45) is 5.92 Å². The van der Waals surface area contributed by atoms with Gasteiger partial charge in [-0.2, -0.15) is 4.98 Å². The Labute approximate surface area is 121 Å². The SMILES string of the molecule is CCC1COCCN1c1ccc(N)c(OCC(C)C)n1. The lowest BCUT2D eigenvalue weighted by Crippen LogP contribution is -2.45. The molecule has 1 aliphatic rings. The fourth-order valence-electron chi connectivity index (χ4n) is 2.26. The summed E-state index contributed by atoms with van der Waals surface area (Å²) in [7, 11) is 0. The molecule has 5 heteroatoms. The number of aromatic nitrogens is 1. The van der Waals surface area contributed by atoms with Crippen molar-refractivity contribution < 1.29 is 9.47 Å². The van der Waals surface area contributed by atoms with Gasteiger partial charge in [0.1, 0.15) is 5.82 Å². The van der Waals surface area contributed by atoms with Gasteiger partial charge in [0.2, 0.25) is 5.88 Å². The lowest BCUT2D eigenvalue weighted by atomic mass is 10.1. The van der Waals surface area contributed by atoms with Gasteiger partial charge >= 0.3 is 0 Å². The van der Waals surface area contributed by atoms with E-state index in [4.69, 9.17) is 15.2 Å². The maximum atomic E-state index is 5.94. The van der Waals surface area contributed by atoms with E-state index in [1.807, 2.05) is 12.1 Å². The molecule has 0 aliphatic carbocycles. The van der Waals surface area contributed by atoms with E-state index >= 15 is 0 Å². The predicted octanol–water partition coefficient (Wildman–Crippen LogP) is 2.31. The van der Waals surface area contributed by atoms with Crippen molar-refractivity contribution in [1.29, 1.82) is 0 Å². The van der Waals surface area contributed by atoms with Gasteiger partial charge in [-0.05, 0) is 24.5 Å². The van der Waals surface area contributed by atoms with Gasteiger partial charge in [0.05, 0.1) is 31.5 Å². The Morgan fingerprint density at radius 3 is 3.00 bits per heavy atom. The molecule has 0 saturated carbocycles. The molecule has 0 amide bonds. The molecule has 1 aromatic rings. The molecular weight excluding hydrogens is 254 g/mol. The first-order chi connectivity index (χ1) is 9.61. The summed E-state index contributed by atoms with van der Waals surface area (Å²) >= 11 is 0. The number of hydrogen-bond acceptors (Lipinski definition) is 5. The van der Waals surface area contributed by atoms with Gasteiger partial charge in [0.15, 0.2) is 0 Å². The summed E-state index contributed by atoms with van der Waals surface area (Å²) in [5.41, 5.74) is 6.53. The molecule has 112 valence electrons. The van der Waals surface area contributed by atoms with E-state index in [1.54, 1.807) is 0 Å². The standard InChI is InChI=1S/C15H25N3O2/c1-4-12-10-19-8-7-18(12)14-6-5-13(16)15(17-14)20-9-11(2)3/h5-6,11-12H,4,7-10,16H2,1-3H3. The van der Waals surface area contributed by atoms with Gasteiger partial charge < -0.3 is 20.1 Å². The molecule has 2 rings (SSSR count). The van der Waals surface area contributed by atoms with Crippen molar-refractivity contribution in [3.8, 4) is 5.88 Å². The van der Waals surface area contributed by atoms with E-state index in [0.29, 0.717) is 30.1 Å². The zero-order valence-corrected chi connectivity index (χ0v) is 12.6. The van der Waals surface area contributed by atoms with E-state index < -0.39 is 0 Å². The Morgan fingerprint density at radius 1 is 1.50 bits per heavy atom. The second-order valence-electron chi connectivity index (χ2n) is 5.60. The second kappa shape index (κ2) is 6.79. The molecule has 1 atom stereocenters. The summed E-state index contributed by atoms with van der Waals surface area (Å²) in [6.45, 7) is 9.36. The fraction of sp³-hybridized carbons (Fsp3) is 0.667. The molecule has 20 heavy (non-hydrogen) atoms. The smallest absolute Gasteiger partial charge is 0.239 e. The number of rotatable bonds is 5. The van der Waals surface area contributed by atoms with Crippen LogP contribution in [0.25, 0.3) is 0 Å². The zero-order valence-electron chi connectivity index (χ0n) is 12.6. The van der Waals surface area contributed by atoms with Gasteiger partial charge in [-0.1, -0.05) is 20.8 Å². The van der Waals surface area contributed by atoms with Crippen LogP contribution in [0.15, 0.2) is 12.1 Å². The molecule has 0 radical (unpaired) electrons. The largest absolute Gasteiger partial charge is 0.476 e. The van der Waals surface area contributed by atoms with Crippen molar-refractivity contribution in [2.75, 3.05) is 37.0 Å². The molecule has 1 aromatic heterocycles. The maximum absolute atomic E-state index is 5.94. The minimum absolute atomic E-state index is 0.373. The first-order valence-electron chi connectivity index (χ1n) is 7.35. The third-order valence-electron chi connectivity index (χ3n) is 3.42. The molecule has 0 aromatic carbocycles. The Morgan fingerprint density at radius 2 is 2.30 bits per heavy atom. The van der Waals surface area contributed by atoms with Crippen LogP contribution in [0.2, 0.25) is 0 Å². The molecule has 1 fully saturated rings. The van der Waals surface area contributed by atoms with Gasteiger partial charge in [-0.15, -0.1) is 0 Å². The normalized spacial score (nSPS) is 19.4. The highest BCUT2D eigenvalue weighted by Gasteiger charge is 2.23. The lowest BCUT2D eigenvalue weighted by Gasteiger charge is -2.36. The zero-order chi connectivity index (χ0) is 14.5. The number of anilines is 2. The Balaban J connectivity index is 2.16. The Hall–Kier alpha value is -1.49. The van der Waals surface area contributed by atoms with Crippen LogP contribution in [-0.4, -0.2) is 37.4 Å². The average Bonchev–Trinajstić information content (AvgIpc) is 2.46. The Kier molecular flexibility index (Phi) is 5.06. The third-order valence-corrected chi connectivity index (χ3v) is 3.42. The van der Waals surface area contributed by atoms with E-state index in [1.165, 1.54) is 0 Å². The molecule has 5 nitrogen and oxygen atoms in total. The summed E-state index contributed by atoms with van der Waals surface area (Å²) in [5.74, 6) is 1.91. The monoisotopic (exact) mass is 279 g/mol. The number of nitrogen functional groups attached to an aromatic ring is 1. The van der Waals surface area contributed by atoms with Gasteiger partial charge in [0.25, 0.3) is 0 Å². The maximum Gasteiger partial charge on any atom is 0.239 e. The second-order valence-corrected chi connectivity index (χ2v) is 5.60. The molecule has 2 N–H and O–H groups in total. The highest BCUT2D eigenvalue weighted by Crippen LogP contribution is 2.26. The van der Waals surface area contributed by atoms with Gasteiger partial charge in [-0.25, -0.2) is 0 Å². The van der Waals surface area contributed by atoms with E-state index in [0.717, 1.165) is 32.0 Å². The third kappa shape index (κ3) is 3.54. The van der Waals surface area contributed by atoms with Crippen molar-refractivity contribution in [1.82, 2.24) is 4.98 Å². The summed E-state index contributed by atoms with van der Waals surface area (Å²) in [5, 5.41) is 0. The molecule has 1 unspecified atom stereocenters. The minimum Gasteiger partial charge on any atom is -0.476 e. The highest BCUT2D eigenvalue weighted by atomic mass is 16.5. The average molecular weight is 279 g/mol. The van der Waals surface area contributed by atoms with Crippen molar-refractivity contribution in [3.05, 3.63) is 12.1 Å². The fourth-order valence-corrected chi connectivity index (χ4v) is 2.26. The molecule has 2 heterocycles. The minimum atomic E-state index is 0.373. The van der Waals surface area contributed by atoms with Crippen LogP contribution < -0.4 is 15.4 Å². The van der Waals surface area contributed by atoms with Crippen molar-refractivity contribution >= 4 is 11.5 Å². The van der Waals surface area contributed by atoms with E-state index in [-0.39, 0.29) is 0 Å². The van der Waals surface area contributed by atoms with Crippen molar-refractivity contribution in [2.45, 2.75) is 33.2 Å². The highest BCUT2D eigenvalue weighted by molar-refractivity contribution is 5.55. The number of ether oxygens (including phenoxy) is 2. The van der Waals surface area contributed by atoms with Crippen LogP contribution in [0, 0.1) is 5.92 Å². The first-order valence-corrected chi connectivity index (χ1v) is 7.35. The molecular formula is C15H25N3O2. The number of morpholine rings is 1. The quantitative estimate of drug-likeness (QED) is 0.896. The topological polar surface area (TPSA) is 60.6 Å². The Bertz CT molecular complexity index is 437. The van der Waals surface area contributed by atoms with Gasteiger partial charge in [-0.3, -0.25) is 0 Å². The van der Waals surface area contributed by atoms with Crippen LogP contribution in [-0.2, 0) is 4.74 Å². The number of nitrogens with zero attached hydrogens (tertiary/aromatic N) is 2. The van der Waals surface area contributed by atoms with E-state index in [9.17, 15) is 0 Å². The molecule has 1 saturated heterocycles. The molecule has 0 bridgehead atoms. The van der Waals surface area contributed by atoms with Gasteiger partial charge in [0, 0.05) is 6.54 Å². The summed E-state index contributed by atoms with van der Waals surface area (Å²) < 4.78 is 11.2. The van der Waals surface area contributed by atoms with Crippen molar-refractivity contribution in [3.63, 3.8) is 0 Å². The lowest BCUT2D eigenvalue weighted by molar-refractivity contribution is 0.0925. The van der Waals surface area contributed by atoms with Crippen LogP contribution in [0.4, 0.5) is 11.5 Å². The summed E-state index contributed by atoms with van der Waals surface area (Å²) in [4.78, 5) is 6.87. The van der Waals surface area contributed by atoms with E-state index in [2.05, 4.69) is 30.7 Å². The first kappa shape index (κ1) is 14.9. The molecule has 1 aliphatic heterocycles. The van der Waals surface area contributed by atoms with Crippen LogP contribution in [0.5, 0.6) is 5.88 Å².